The number of rotatable bonds is 3. The van der Waals surface area contributed by atoms with Gasteiger partial charge in [0, 0.05) is 6.54 Å². The largest absolute Gasteiger partial charge is 0.392 e. The van der Waals surface area contributed by atoms with E-state index >= 15 is 0 Å². The Labute approximate surface area is 65.8 Å². The van der Waals surface area contributed by atoms with Crippen molar-refractivity contribution in [1.82, 2.24) is 5.43 Å². The Balaban J connectivity index is 2.74. The molecule has 0 radical (unpaired) electrons. The summed E-state index contributed by atoms with van der Waals surface area (Å²) >= 11 is 0. The lowest BCUT2D eigenvalue weighted by Gasteiger charge is -2.01. The zero-order valence-electron chi connectivity index (χ0n) is 6.25. The van der Waals surface area contributed by atoms with Gasteiger partial charge in [0.1, 0.15) is 0 Å². The fraction of sp³-hybridized carbons (Fsp3) is 0.250. The predicted molar refractivity (Wildman–Crippen MR) is 43.4 cm³/mol. The molecule has 60 valence electrons. The minimum atomic E-state index is 0.0818. The van der Waals surface area contributed by atoms with Crippen LogP contribution in [0.2, 0.25) is 0 Å². The van der Waals surface area contributed by atoms with Crippen LogP contribution in [0.3, 0.4) is 0 Å². The molecule has 1 aromatic carbocycles. The summed E-state index contributed by atoms with van der Waals surface area (Å²) in [5.41, 5.74) is 4.55. The number of hydrogen-bond donors (Lipinski definition) is 3. The number of hydrogen-bond acceptors (Lipinski definition) is 3. The topological polar surface area (TPSA) is 58.3 Å². The van der Waals surface area contributed by atoms with Gasteiger partial charge in [-0.3, -0.25) is 11.3 Å². The van der Waals surface area contributed by atoms with E-state index < -0.39 is 0 Å². The Morgan fingerprint density at radius 1 is 1.36 bits per heavy atom. The molecule has 0 aliphatic heterocycles. The maximum atomic E-state index is 8.78. The van der Waals surface area contributed by atoms with E-state index in [1.165, 1.54) is 0 Å². The highest BCUT2D eigenvalue weighted by molar-refractivity contribution is 5.22. The van der Waals surface area contributed by atoms with Crippen molar-refractivity contribution in [2.75, 3.05) is 0 Å². The van der Waals surface area contributed by atoms with Gasteiger partial charge in [-0.05, 0) is 11.1 Å². The molecule has 0 heterocycles. The zero-order valence-corrected chi connectivity index (χ0v) is 6.25. The summed E-state index contributed by atoms with van der Waals surface area (Å²) in [6.45, 7) is 0.715. The molecule has 0 aliphatic rings. The molecule has 11 heavy (non-hydrogen) atoms. The zero-order chi connectivity index (χ0) is 8.10. The first-order valence-corrected chi connectivity index (χ1v) is 3.49. The Kier molecular flexibility index (Phi) is 3.04. The molecule has 0 unspecified atom stereocenters. The minimum absolute atomic E-state index is 0.0818. The van der Waals surface area contributed by atoms with Gasteiger partial charge in [0.25, 0.3) is 0 Å². The van der Waals surface area contributed by atoms with Crippen molar-refractivity contribution < 1.29 is 5.11 Å². The predicted octanol–water partition coefficient (Wildman–Crippen LogP) is 0.142. The SMILES string of the molecule is NNCc1cccc(CO)c1. The van der Waals surface area contributed by atoms with Gasteiger partial charge in [0.05, 0.1) is 6.61 Å². The third kappa shape index (κ3) is 2.31. The average Bonchev–Trinajstić information content (AvgIpc) is 2.06. The van der Waals surface area contributed by atoms with Crippen LogP contribution >= 0.6 is 0 Å². The van der Waals surface area contributed by atoms with E-state index in [1.54, 1.807) is 0 Å². The summed E-state index contributed by atoms with van der Waals surface area (Å²) in [5.74, 6) is 5.14. The van der Waals surface area contributed by atoms with E-state index in [0.29, 0.717) is 6.54 Å². The van der Waals surface area contributed by atoms with Gasteiger partial charge < -0.3 is 5.11 Å². The van der Waals surface area contributed by atoms with Crippen LogP contribution in [0, 0.1) is 0 Å². The van der Waals surface area contributed by atoms with E-state index in [2.05, 4.69) is 5.43 Å². The van der Waals surface area contributed by atoms with Crippen molar-refractivity contribution in [2.45, 2.75) is 13.2 Å². The molecular weight excluding hydrogens is 140 g/mol. The second-order valence-corrected chi connectivity index (χ2v) is 2.36. The average molecular weight is 152 g/mol. The van der Waals surface area contributed by atoms with Gasteiger partial charge >= 0.3 is 0 Å². The Bertz CT molecular complexity index is 225. The fourth-order valence-corrected chi connectivity index (χ4v) is 0.956. The number of hydrazine groups is 1. The monoisotopic (exact) mass is 152 g/mol. The van der Waals surface area contributed by atoms with Crippen LogP contribution in [0.25, 0.3) is 0 Å². The smallest absolute Gasteiger partial charge is 0.0681 e. The molecule has 0 aliphatic carbocycles. The van der Waals surface area contributed by atoms with E-state index in [9.17, 15) is 0 Å². The van der Waals surface area contributed by atoms with Crippen molar-refractivity contribution in [3.05, 3.63) is 35.4 Å². The quantitative estimate of drug-likeness (QED) is 0.426. The van der Waals surface area contributed by atoms with E-state index in [1.807, 2.05) is 24.3 Å². The van der Waals surface area contributed by atoms with Gasteiger partial charge in [-0.1, -0.05) is 24.3 Å². The number of benzene rings is 1. The second kappa shape index (κ2) is 4.08. The lowest BCUT2D eigenvalue weighted by molar-refractivity contribution is 0.281. The first-order valence-electron chi connectivity index (χ1n) is 3.49. The van der Waals surface area contributed by atoms with Gasteiger partial charge in [-0.15, -0.1) is 0 Å². The molecule has 0 saturated heterocycles. The maximum absolute atomic E-state index is 8.78. The van der Waals surface area contributed by atoms with Crippen molar-refractivity contribution in [3.8, 4) is 0 Å². The van der Waals surface area contributed by atoms with Gasteiger partial charge in [-0.2, -0.15) is 0 Å². The Hall–Kier alpha value is -0.900. The first-order chi connectivity index (χ1) is 5.36. The fourth-order valence-electron chi connectivity index (χ4n) is 0.956. The molecule has 3 heteroatoms. The molecule has 0 amide bonds. The van der Waals surface area contributed by atoms with Crippen molar-refractivity contribution >= 4 is 0 Å². The maximum Gasteiger partial charge on any atom is 0.0681 e. The van der Waals surface area contributed by atoms with Crippen molar-refractivity contribution in [2.24, 2.45) is 5.84 Å². The molecular formula is C8H12N2O. The molecule has 0 spiro atoms. The second-order valence-electron chi connectivity index (χ2n) is 2.36. The molecule has 0 bridgehead atoms. The third-order valence-electron chi connectivity index (χ3n) is 1.48. The van der Waals surface area contributed by atoms with Crippen molar-refractivity contribution in [3.63, 3.8) is 0 Å². The standard InChI is InChI=1S/C8H12N2O/c9-10-5-7-2-1-3-8(4-7)6-11/h1-4,10-11H,5-6,9H2. The molecule has 1 rings (SSSR count). The summed E-state index contributed by atoms with van der Waals surface area (Å²) in [6, 6.07) is 7.65. The van der Waals surface area contributed by atoms with Gasteiger partial charge in [0.2, 0.25) is 0 Å². The lowest BCUT2D eigenvalue weighted by atomic mass is 10.1. The first kappa shape index (κ1) is 8.20. The molecule has 4 N–H and O–H groups in total. The van der Waals surface area contributed by atoms with Gasteiger partial charge in [-0.25, -0.2) is 0 Å². The van der Waals surface area contributed by atoms with Crippen LogP contribution in [0.5, 0.6) is 0 Å². The van der Waals surface area contributed by atoms with E-state index in [0.717, 1.165) is 11.1 Å². The van der Waals surface area contributed by atoms with E-state index in [-0.39, 0.29) is 6.61 Å². The van der Waals surface area contributed by atoms with E-state index in [4.69, 9.17) is 10.9 Å². The summed E-state index contributed by atoms with van der Waals surface area (Å²) in [4.78, 5) is 0. The van der Waals surface area contributed by atoms with Gasteiger partial charge in [0.15, 0.2) is 0 Å². The summed E-state index contributed by atoms with van der Waals surface area (Å²) in [7, 11) is 0. The molecule has 3 nitrogen and oxygen atoms in total. The number of nitrogens with two attached hydrogens (primary N) is 1. The molecule has 0 saturated carbocycles. The number of nitrogens with one attached hydrogen (secondary N) is 1. The number of aliphatic hydroxyl groups is 1. The normalized spacial score (nSPS) is 10.0. The van der Waals surface area contributed by atoms with Crippen LogP contribution in [0.4, 0.5) is 0 Å². The van der Waals surface area contributed by atoms with Crippen LogP contribution in [0.15, 0.2) is 24.3 Å². The molecule has 1 aromatic rings. The summed E-state index contributed by atoms with van der Waals surface area (Å²) < 4.78 is 0. The third-order valence-corrected chi connectivity index (χ3v) is 1.48. The molecule has 0 fully saturated rings. The summed E-state index contributed by atoms with van der Waals surface area (Å²) in [6.07, 6.45) is 0. The highest BCUT2D eigenvalue weighted by atomic mass is 16.3. The van der Waals surface area contributed by atoms with Crippen LogP contribution < -0.4 is 11.3 Å². The number of aliphatic hydroxyl groups excluding tert-OH is 1. The molecule has 0 atom stereocenters. The Morgan fingerprint density at radius 2 is 2.09 bits per heavy atom. The lowest BCUT2D eigenvalue weighted by Crippen LogP contribution is -2.20. The molecule has 0 aromatic heterocycles. The van der Waals surface area contributed by atoms with Crippen LogP contribution in [0.1, 0.15) is 11.1 Å². The highest BCUT2D eigenvalue weighted by Gasteiger charge is 1.92. The van der Waals surface area contributed by atoms with Crippen LogP contribution in [-0.4, -0.2) is 5.11 Å². The minimum Gasteiger partial charge on any atom is -0.392 e. The van der Waals surface area contributed by atoms with Crippen LogP contribution in [-0.2, 0) is 13.2 Å². The Morgan fingerprint density at radius 3 is 2.73 bits per heavy atom. The summed E-state index contributed by atoms with van der Waals surface area (Å²) in [5, 5.41) is 8.78. The highest BCUT2D eigenvalue weighted by Crippen LogP contribution is 2.03. The van der Waals surface area contributed by atoms with Crippen molar-refractivity contribution in [1.29, 1.82) is 0 Å².